The maximum atomic E-state index is 14.4. The molecular formula is C18H3BrF12MgOSi. The average molecular weight is 595 g/mol. The smallest absolute Gasteiger partial charge is 1.00 e. The largest absolute Gasteiger partial charge is 2.00 e. The van der Waals surface area contributed by atoms with Gasteiger partial charge in [-0.15, -0.1) is 0 Å². The molecule has 0 unspecified atom stereocenters. The summed E-state index contributed by atoms with van der Waals surface area (Å²) in [5, 5.41) is -7.91. The molecule has 0 amide bonds. The summed E-state index contributed by atoms with van der Waals surface area (Å²) in [5.74, 6) is -31.2. The molecule has 0 N–H and O–H groups in total. The molecule has 3 aromatic rings. The molecule has 0 saturated carbocycles. The van der Waals surface area contributed by atoms with Crippen LogP contribution in [0.3, 0.4) is 0 Å². The zero-order valence-corrected chi connectivity index (χ0v) is 19.8. The molecule has 0 saturated heterocycles. The Kier molecular flexibility index (Phi) is 9.32. The van der Waals surface area contributed by atoms with Gasteiger partial charge in [0.25, 0.3) is 0 Å². The van der Waals surface area contributed by atoms with Gasteiger partial charge in [-0.2, -0.15) is 0 Å². The van der Waals surface area contributed by atoms with Crippen LogP contribution in [0, 0.1) is 69.8 Å². The molecule has 3 aromatic carbocycles. The quantitative estimate of drug-likeness (QED) is 0.170. The minimum absolute atomic E-state index is 0. The zero-order valence-electron chi connectivity index (χ0n) is 15.8. The predicted molar refractivity (Wildman–Crippen MR) is 89.2 cm³/mol. The second-order valence-electron chi connectivity index (χ2n) is 6.21. The SMILES string of the molecule is [Br-].[Mg+2].[O-][Si](c1c(F)c(F)cc(F)c1F)(c1c(F)c(F)cc(F)c1F)c1c(F)c(F)cc(F)c1F. The zero-order chi connectivity index (χ0) is 24.3. The Bertz CT molecular complexity index is 1060. The van der Waals surface area contributed by atoms with Crippen molar-refractivity contribution in [3.05, 3.63) is 88.0 Å². The van der Waals surface area contributed by atoms with Crippen molar-refractivity contribution in [1.82, 2.24) is 0 Å². The number of halogens is 13. The molecule has 0 aromatic heterocycles. The number of rotatable bonds is 3. The predicted octanol–water partition coefficient (Wildman–Crippen LogP) is -0.694. The number of hydrogen-bond acceptors (Lipinski definition) is 1. The maximum Gasteiger partial charge on any atom is 2.00 e. The van der Waals surface area contributed by atoms with E-state index in [1.807, 2.05) is 0 Å². The van der Waals surface area contributed by atoms with Gasteiger partial charge >= 0.3 is 23.1 Å². The molecule has 1 nitrogen and oxygen atoms in total. The van der Waals surface area contributed by atoms with Crippen LogP contribution in [0.2, 0.25) is 0 Å². The first kappa shape index (κ1) is 30.3. The van der Waals surface area contributed by atoms with E-state index in [1.54, 1.807) is 0 Å². The fraction of sp³-hybridized carbons (Fsp3) is 0. The van der Waals surface area contributed by atoms with E-state index >= 15 is 0 Å². The van der Waals surface area contributed by atoms with E-state index in [1.165, 1.54) is 0 Å². The Labute approximate surface area is 209 Å². The summed E-state index contributed by atoms with van der Waals surface area (Å²) in [6.45, 7) is 0. The van der Waals surface area contributed by atoms with E-state index in [4.69, 9.17) is 0 Å². The minimum Gasteiger partial charge on any atom is -1.00 e. The minimum atomic E-state index is -7.27. The van der Waals surface area contributed by atoms with Crippen LogP contribution in [0.1, 0.15) is 0 Å². The van der Waals surface area contributed by atoms with Crippen LogP contribution >= 0.6 is 0 Å². The molecule has 34 heavy (non-hydrogen) atoms. The van der Waals surface area contributed by atoms with Crippen molar-refractivity contribution >= 4 is 46.9 Å². The Morgan fingerprint density at radius 1 is 0.412 bits per heavy atom. The van der Waals surface area contributed by atoms with Gasteiger partial charge in [-0.25, -0.2) is 52.7 Å². The Hall–Kier alpha value is -1.76. The molecule has 0 aliphatic rings. The Morgan fingerprint density at radius 3 is 0.706 bits per heavy atom. The summed E-state index contributed by atoms with van der Waals surface area (Å²) in [4.78, 5) is 13.6. The average Bonchev–Trinajstić information content (AvgIpc) is 2.70. The van der Waals surface area contributed by atoms with Gasteiger partial charge in [-0.05, 0) is 0 Å². The summed E-state index contributed by atoms with van der Waals surface area (Å²) < 4.78 is 169. The van der Waals surface area contributed by atoms with Crippen LogP contribution in [0.4, 0.5) is 52.7 Å². The van der Waals surface area contributed by atoms with Crippen LogP contribution in [0.5, 0.6) is 0 Å². The first-order valence-electron chi connectivity index (χ1n) is 7.95. The van der Waals surface area contributed by atoms with Gasteiger partial charge < -0.3 is 21.8 Å². The molecule has 0 heterocycles. The second-order valence-corrected chi connectivity index (χ2v) is 9.07. The monoisotopic (exact) mass is 594 g/mol. The van der Waals surface area contributed by atoms with E-state index < -0.39 is 112 Å². The molecule has 0 spiro atoms. The van der Waals surface area contributed by atoms with Gasteiger partial charge in [-0.1, -0.05) is 0 Å². The Morgan fingerprint density at radius 2 is 0.559 bits per heavy atom. The van der Waals surface area contributed by atoms with Crippen molar-refractivity contribution in [3.8, 4) is 0 Å². The fourth-order valence-electron chi connectivity index (χ4n) is 3.02. The van der Waals surface area contributed by atoms with Gasteiger partial charge in [0.2, 0.25) is 0 Å². The molecule has 0 aliphatic heterocycles. The van der Waals surface area contributed by atoms with Crippen LogP contribution in [-0.4, -0.2) is 31.4 Å². The van der Waals surface area contributed by atoms with Crippen molar-refractivity contribution < 1.29 is 74.5 Å². The summed E-state index contributed by atoms with van der Waals surface area (Å²) in [6.07, 6.45) is 0. The van der Waals surface area contributed by atoms with E-state index in [2.05, 4.69) is 0 Å². The normalized spacial score (nSPS) is 11.2. The third-order valence-electron chi connectivity index (χ3n) is 4.39. The molecule has 3 rings (SSSR count). The van der Waals surface area contributed by atoms with E-state index in [-0.39, 0.29) is 40.0 Å². The Balaban J connectivity index is 0.00000289. The molecule has 178 valence electrons. The van der Waals surface area contributed by atoms with Crippen molar-refractivity contribution in [3.63, 3.8) is 0 Å². The van der Waals surface area contributed by atoms with Gasteiger partial charge in [0, 0.05) is 33.8 Å². The first-order chi connectivity index (χ1) is 14.7. The number of benzene rings is 3. The third kappa shape index (κ3) is 4.45. The van der Waals surface area contributed by atoms with Crippen LogP contribution < -0.4 is 37.3 Å². The van der Waals surface area contributed by atoms with E-state index in [9.17, 15) is 57.5 Å². The molecule has 0 radical (unpaired) electrons. The van der Waals surface area contributed by atoms with Crippen LogP contribution in [0.25, 0.3) is 0 Å². The van der Waals surface area contributed by atoms with E-state index in [0.29, 0.717) is 0 Å². The molecule has 0 atom stereocenters. The molecule has 0 fully saturated rings. The van der Waals surface area contributed by atoms with Crippen LogP contribution in [-0.2, 0) is 0 Å². The van der Waals surface area contributed by atoms with Crippen LogP contribution in [0.15, 0.2) is 18.2 Å². The van der Waals surface area contributed by atoms with Crippen molar-refractivity contribution in [1.29, 1.82) is 0 Å². The molecular weight excluding hydrogens is 592 g/mol. The third-order valence-corrected chi connectivity index (χ3v) is 7.82. The standard InChI is InChI=1S/C18H3F12OSi.BrH.Mg/c19-4-1-5(20)11(26)16(10(4)25)32(31,17-12(27)6(21)2-7(22)13(17)28)18-14(29)8(23)3-9(24)15(18)30;;/h1-3H;1H;/q-1;;+2/p-1. The summed E-state index contributed by atoms with van der Waals surface area (Å²) in [5.41, 5.74) is 0. The summed E-state index contributed by atoms with van der Waals surface area (Å²) >= 11 is 0. The molecule has 16 heteroatoms. The van der Waals surface area contributed by atoms with E-state index in [0.717, 1.165) is 0 Å². The van der Waals surface area contributed by atoms with Crippen molar-refractivity contribution in [2.45, 2.75) is 0 Å². The van der Waals surface area contributed by atoms with Gasteiger partial charge in [0.05, 0.1) is 8.32 Å². The maximum absolute atomic E-state index is 14.4. The van der Waals surface area contributed by atoms with Gasteiger partial charge in [0.15, 0.2) is 69.8 Å². The summed E-state index contributed by atoms with van der Waals surface area (Å²) in [7, 11) is -7.27. The fourth-order valence-corrected chi connectivity index (χ4v) is 6.34. The van der Waals surface area contributed by atoms with Crippen molar-refractivity contribution in [2.75, 3.05) is 0 Å². The first-order valence-corrected chi connectivity index (χ1v) is 9.86. The topological polar surface area (TPSA) is 23.1 Å². The van der Waals surface area contributed by atoms with Gasteiger partial charge in [0.1, 0.15) is 0 Å². The number of hydrogen-bond donors (Lipinski definition) is 0. The summed E-state index contributed by atoms with van der Waals surface area (Å²) in [6, 6.07) is -1.54. The molecule has 0 bridgehead atoms. The molecule has 0 aliphatic carbocycles. The van der Waals surface area contributed by atoms with Crippen molar-refractivity contribution in [2.24, 2.45) is 0 Å². The van der Waals surface area contributed by atoms with Gasteiger partial charge in [-0.3, -0.25) is 0 Å². The second kappa shape index (κ2) is 10.5.